The molecule has 0 spiro atoms. The predicted molar refractivity (Wildman–Crippen MR) is 95.5 cm³/mol. The van der Waals surface area contributed by atoms with Crippen molar-refractivity contribution in [2.24, 2.45) is 4.99 Å². The van der Waals surface area contributed by atoms with Gasteiger partial charge in [0.05, 0.1) is 28.7 Å². The van der Waals surface area contributed by atoms with Crippen LogP contribution >= 0.6 is 34.3 Å². The lowest BCUT2D eigenvalue weighted by Crippen LogP contribution is -2.21. The Morgan fingerprint density at radius 2 is 2.23 bits per heavy atom. The van der Waals surface area contributed by atoms with Crippen molar-refractivity contribution in [3.63, 3.8) is 0 Å². The van der Waals surface area contributed by atoms with Crippen LogP contribution in [0.2, 0.25) is 5.02 Å². The number of pyridine rings is 1. The van der Waals surface area contributed by atoms with Crippen LogP contribution in [0.15, 0.2) is 22.5 Å². The van der Waals surface area contributed by atoms with Crippen molar-refractivity contribution in [2.75, 3.05) is 0 Å². The van der Waals surface area contributed by atoms with Crippen molar-refractivity contribution in [1.82, 2.24) is 10.3 Å². The van der Waals surface area contributed by atoms with Crippen molar-refractivity contribution < 1.29 is 0 Å². The van der Waals surface area contributed by atoms with Crippen molar-refractivity contribution in [2.45, 2.75) is 26.9 Å². The Hall–Kier alpha value is -1.43. The Kier molecular flexibility index (Phi) is 3.44. The molecule has 112 valence electrons. The second kappa shape index (κ2) is 5.33. The van der Waals surface area contributed by atoms with Crippen LogP contribution in [-0.4, -0.2) is 10.8 Å². The number of aliphatic imine (C=N–C) groups is 1. The fourth-order valence-electron chi connectivity index (χ4n) is 2.79. The van der Waals surface area contributed by atoms with Crippen LogP contribution < -0.4 is 5.32 Å². The number of amidine groups is 1. The third kappa shape index (κ3) is 2.16. The third-order valence-electron chi connectivity index (χ3n) is 3.90. The normalized spacial score (nSPS) is 13.5. The molecule has 6 heteroatoms. The third-order valence-corrected chi connectivity index (χ3v) is 6.47. The minimum Gasteiger partial charge on any atom is -0.364 e. The zero-order chi connectivity index (χ0) is 15.3. The maximum atomic E-state index is 6.37. The summed E-state index contributed by atoms with van der Waals surface area (Å²) in [5, 5.41) is 7.51. The van der Waals surface area contributed by atoms with Crippen LogP contribution in [0, 0.1) is 13.8 Å². The number of rotatable bonds is 2. The molecule has 0 saturated carbocycles. The van der Waals surface area contributed by atoms with Crippen LogP contribution in [-0.2, 0) is 13.1 Å². The molecule has 0 radical (unpaired) electrons. The molecule has 3 aromatic rings. The number of fused-ring (bicyclic) bond motifs is 3. The van der Waals surface area contributed by atoms with Gasteiger partial charge >= 0.3 is 0 Å². The van der Waals surface area contributed by atoms with E-state index in [0.717, 1.165) is 33.5 Å². The van der Waals surface area contributed by atoms with E-state index in [-0.39, 0.29) is 0 Å². The smallest absolute Gasteiger partial charge is 0.139 e. The van der Waals surface area contributed by atoms with Crippen LogP contribution in [0.5, 0.6) is 0 Å². The number of aryl methyl sites for hydroxylation is 2. The molecular weight excluding hydrogens is 334 g/mol. The first-order chi connectivity index (χ1) is 10.6. The molecular formula is C16H14ClN3S2. The minimum atomic E-state index is 0.712. The second-order valence-corrected chi connectivity index (χ2v) is 7.73. The van der Waals surface area contributed by atoms with Gasteiger partial charge in [0, 0.05) is 15.8 Å². The summed E-state index contributed by atoms with van der Waals surface area (Å²) in [7, 11) is 0. The van der Waals surface area contributed by atoms with E-state index < -0.39 is 0 Å². The Morgan fingerprint density at radius 1 is 1.36 bits per heavy atom. The zero-order valence-corrected chi connectivity index (χ0v) is 14.6. The summed E-state index contributed by atoms with van der Waals surface area (Å²) in [5.41, 5.74) is 3.29. The highest BCUT2D eigenvalue weighted by atomic mass is 35.5. The molecule has 0 unspecified atom stereocenters. The number of nitrogens with zero attached hydrogens (tertiary/aromatic N) is 2. The Labute approximate surface area is 141 Å². The number of hydrogen-bond donors (Lipinski definition) is 1. The molecule has 1 aliphatic heterocycles. The lowest BCUT2D eigenvalue weighted by Gasteiger charge is -2.04. The highest BCUT2D eigenvalue weighted by Gasteiger charge is 2.24. The quantitative estimate of drug-likeness (QED) is 0.731. The molecule has 0 aromatic carbocycles. The van der Waals surface area contributed by atoms with Crippen LogP contribution in [0.4, 0.5) is 0 Å². The van der Waals surface area contributed by atoms with E-state index in [2.05, 4.69) is 39.7 Å². The lowest BCUT2D eigenvalue weighted by molar-refractivity contribution is 0.931. The SMILES string of the molecule is Cc1nc2sc3c(c2c(C)c1Cl)CN=C3NCc1cccs1. The summed E-state index contributed by atoms with van der Waals surface area (Å²) >= 11 is 9.83. The van der Waals surface area contributed by atoms with Crippen molar-refractivity contribution in [1.29, 1.82) is 0 Å². The minimum absolute atomic E-state index is 0.712. The molecule has 1 N–H and O–H groups in total. The van der Waals surface area contributed by atoms with Crippen molar-refractivity contribution >= 4 is 50.3 Å². The summed E-state index contributed by atoms with van der Waals surface area (Å²) in [6.07, 6.45) is 0. The van der Waals surface area contributed by atoms with Crippen LogP contribution in [0.1, 0.15) is 26.6 Å². The van der Waals surface area contributed by atoms with Gasteiger partial charge in [-0.3, -0.25) is 4.99 Å². The van der Waals surface area contributed by atoms with E-state index >= 15 is 0 Å². The molecule has 3 aromatic heterocycles. The van der Waals surface area contributed by atoms with E-state index in [4.69, 9.17) is 11.6 Å². The average molecular weight is 348 g/mol. The monoisotopic (exact) mass is 347 g/mol. The number of halogens is 1. The predicted octanol–water partition coefficient (Wildman–Crippen LogP) is 4.68. The first-order valence-electron chi connectivity index (χ1n) is 7.04. The summed E-state index contributed by atoms with van der Waals surface area (Å²) in [6.45, 7) is 5.56. The maximum absolute atomic E-state index is 6.37. The lowest BCUT2D eigenvalue weighted by atomic mass is 10.1. The number of nitrogens with one attached hydrogen (secondary N) is 1. The summed E-state index contributed by atoms with van der Waals surface area (Å²) < 4.78 is 0. The molecule has 4 heterocycles. The highest BCUT2D eigenvalue weighted by Crippen LogP contribution is 2.39. The van der Waals surface area contributed by atoms with Gasteiger partial charge in [0.1, 0.15) is 10.7 Å². The van der Waals surface area contributed by atoms with Crippen LogP contribution in [0.3, 0.4) is 0 Å². The van der Waals surface area contributed by atoms with E-state index in [1.807, 2.05) is 6.92 Å². The zero-order valence-electron chi connectivity index (χ0n) is 12.2. The first-order valence-corrected chi connectivity index (χ1v) is 9.11. The topological polar surface area (TPSA) is 37.3 Å². The van der Waals surface area contributed by atoms with Gasteiger partial charge in [-0.1, -0.05) is 17.7 Å². The summed E-state index contributed by atoms with van der Waals surface area (Å²) in [5.74, 6) is 0.986. The summed E-state index contributed by atoms with van der Waals surface area (Å²) in [4.78, 5) is 12.9. The van der Waals surface area contributed by atoms with Crippen molar-refractivity contribution in [3.05, 3.63) is 49.1 Å². The molecule has 3 nitrogen and oxygen atoms in total. The Balaban J connectivity index is 1.72. The summed E-state index contributed by atoms with van der Waals surface area (Å²) in [6, 6.07) is 4.20. The van der Waals surface area contributed by atoms with Gasteiger partial charge in [-0.25, -0.2) is 4.98 Å². The van der Waals surface area contributed by atoms with Crippen molar-refractivity contribution in [3.8, 4) is 0 Å². The molecule has 0 bridgehead atoms. The fourth-order valence-corrected chi connectivity index (χ4v) is 4.85. The highest BCUT2D eigenvalue weighted by molar-refractivity contribution is 7.20. The van der Waals surface area contributed by atoms with Crippen LogP contribution in [0.25, 0.3) is 10.2 Å². The van der Waals surface area contributed by atoms with Gasteiger partial charge in [-0.15, -0.1) is 22.7 Å². The van der Waals surface area contributed by atoms with E-state index in [0.29, 0.717) is 6.54 Å². The molecule has 1 aliphatic rings. The van der Waals surface area contributed by atoms with E-state index in [9.17, 15) is 0 Å². The average Bonchev–Trinajstić information content (AvgIpc) is 3.19. The van der Waals surface area contributed by atoms with Gasteiger partial charge in [0.25, 0.3) is 0 Å². The maximum Gasteiger partial charge on any atom is 0.139 e. The van der Waals surface area contributed by atoms with E-state index in [1.54, 1.807) is 22.7 Å². The van der Waals surface area contributed by atoms with Gasteiger partial charge in [-0.2, -0.15) is 0 Å². The Bertz CT molecular complexity index is 894. The van der Waals surface area contributed by atoms with Gasteiger partial charge in [-0.05, 0) is 30.9 Å². The largest absolute Gasteiger partial charge is 0.364 e. The molecule has 0 aliphatic carbocycles. The first kappa shape index (κ1) is 14.2. The molecule has 22 heavy (non-hydrogen) atoms. The molecule has 0 amide bonds. The molecule has 4 rings (SSSR count). The number of thiophene rings is 2. The molecule has 0 atom stereocenters. The molecule has 0 saturated heterocycles. The van der Waals surface area contributed by atoms with Gasteiger partial charge in [0.2, 0.25) is 0 Å². The second-order valence-electron chi connectivity index (χ2n) is 5.32. The van der Waals surface area contributed by atoms with Gasteiger partial charge < -0.3 is 5.32 Å². The molecule has 0 fully saturated rings. The fraction of sp³-hybridized carbons (Fsp3) is 0.250. The van der Waals surface area contributed by atoms with E-state index in [1.165, 1.54) is 20.7 Å². The standard InChI is InChI=1S/C16H14ClN3S2/c1-8-12-11-7-19-15(18-6-10-4-3-5-21-10)14(11)22-16(12)20-9(2)13(8)17/h3-5H,6-7H2,1-2H3,(H,18,19). The Morgan fingerprint density at radius 3 is 3.00 bits per heavy atom. The van der Waals surface area contributed by atoms with Gasteiger partial charge in [0.15, 0.2) is 0 Å². The number of aromatic nitrogens is 1. The number of hydrogen-bond acceptors (Lipinski definition) is 5.